The van der Waals surface area contributed by atoms with Crippen LogP contribution in [0, 0.1) is 5.92 Å². The topological polar surface area (TPSA) is 52.9 Å². The molecule has 1 fully saturated rings. The molecule has 1 heterocycles. The van der Waals surface area contributed by atoms with Crippen molar-refractivity contribution in [1.82, 2.24) is 4.90 Å². The van der Waals surface area contributed by atoms with Crippen molar-refractivity contribution in [2.75, 3.05) is 6.54 Å². The zero-order valence-electron chi connectivity index (χ0n) is 8.32. The van der Waals surface area contributed by atoms with Crippen LogP contribution in [0.4, 0.5) is 0 Å². The van der Waals surface area contributed by atoms with Gasteiger partial charge >= 0.3 is 0 Å². The molecular formula is C9H16N2O2. The summed E-state index contributed by atoms with van der Waals surface area (Å²) in [6, 6.07) is 0.240. The minimum Gasteiger partial charge on any atom is -0.411 e. The summed E-state index contributed by atoms with van der Waals surface area (Å²) in [4.78, 5) is 13.3. The number of nitrogens with zero attached hydrogens (tertiary/aromatic N) is 2. The maximum Gasteiger partial charge on any atom is 0.223 e. The first-order chi connectivity index (χ1) is 6.06. The van der Waals surface area contributed by atoms with E-state index in [4.69, 9.17) is 5.21 Å². The SMILES string of the molecule is C/C(=N/O)C1CC(=O)N(C(C)C)C1. The minimum atomic E-state index is 0.0971. The minimum absolute atomic E-state index is 0.0971. The molecule has 0 aromatic rings. The lowest BCUT2D eigenvalue weighted by Gasteiger charge is -2.20. The normalized spacial score (nSPS) is 24.6. The molecule has 4 nitrogen and oxygen atoms in total. The molecule has 74 valence electrons. The highest BCUT2D eigenvalue weighted by molar-refractivity contribution is 5.91. The van der Waals surface area contributed by atoms with Crippen molar-refractivity contribution in [3.63, 3.8) is 0 Å². The van der Waals surface area contributed by atoms with Gasteiger partial charge < -0.3 is 10.1 Å². The van der Waals surface area contributed by atoms with E-state index in [9.17, 15) is 4.79 Å². The second-order valence-electron chi connectivity index (χ2n) is 3.78. The molecule has 1 unspecified atom stereocenters. The molecule has 1 aliphatic heterocycles. The summed E-state index contributed by atoms with van der Waals surface area (Å²) < 4.78 is 0. The molecule has 13 heavy (non-hydrogen) atoms. The van der Waals surface area contributed by atoms with E-state index in [1.54, 1.807) is 6.92 Å². The Morgan fingerprint density at radius 3 is 2.69 bits per heavy atom. The number of hydrogen-bond donors (Lipinski definition) is 1. The highest BCUT2D eigenvalue weighted by Crippen LogP contribution is 2.21. The van der Waals surface area contributed by atoms with Crippen molar-refractivity contribution in [1.29, 1.82) is 0 Å². The fourth-order valence-electron chi connectivity index (χ4n) is 1.59. The monoisotopic (exact) mass is 184 g/mol. The lowest BCUT2D eigenvalue weighted by molar-refractivity contribution is -0.129. The van der Waals surface area contributed by atoms with Crippen LogP contribution < -0.4 is 0 Å². The molecule has 1 amide bonds. The van der Waals surface area contributed by atoms with Gasteiger partial charge in [-0.3, -0.25) is 4.79 Å². The number of likely N-dealkylation sites (tertiary alicyclic amines) is 1. The summed E-state index contributed by atoms with van der Waals surface area (Å²) >= 11 is 0. The fraction of sp³-hybridized carbons (Fsp3) is 0.778. The second-order valence-corrected chi connectivity index (χ2v) is 3.78. The van der Waals surface area contributed by atoms with Crippen LogP contribution in [0.15, 0.2) is 5.16 Å². The summed E-state index contributed by atoms with van der Waals surface area (Å²) in [7, 11) is 0. The van der Waals surface area contributed by atoms with Gasteiger partial charge in [0.25, 0.3) is 0 Å². The van der Waals surface area contributed by atoms with Crippen LogP contribution in [-0.4, -0.2) is 34.3 Å². The number of carbonyl (C=O) groups is 1. The average Bonchev–Trinajstić information content (AvgIpc) is 2.46. The number of hydrogen-bond acceptors (Lipinski definition) is 3. The molecule has 1 N–H and O–H groups in total. The highest BCUT2D eigenvalue weighted by atomic mass is 16.4. The van der Waals surface area contributed by atoms with Gasteiger partial charge in [-0.25, -0.2) is 0 Å². The molecule has 0 bridgehead atoms. The third kappa shape index (κ3) is 1.99. The molecule has 0 radical (unpaired) electrons. The Kier molecular flexibility index (Phi) is 2.90. The van der Waals surface area contributed by atoms with E-state index in [1.807, 2.05) is 18.7 Å². The van der Waals surface area contributed by atoms with Crippen LogP contribution in [0.5, 0.6) is 0 Å². The van der Waals surface area contributed by atoms with Crippen molar-refractivity contribution in [3.8, 4) is 0 Å². The first-order valence-electron chi connectivity index (χ1n) is 4.54. The van der Waals surface area contributed by atoms with Crippen LogP contribution in [-0.2, 0) is 4.79 Å². The lowest BCUT2D eigenvalue weighted by atomic mass is 10.0. The first-order valence-corrected chi connectivity index (χ1v) is 4.54. The van der Waals surface area contributed by atoms with Crippen molar-refractivity contribution < 1.29 is 10.0 Å². The zero-order chi connectivity index (χ0) is 10.0. The maximum atomic E-state index is 11.4. The van der Waals surface area contributed by atoms with Crippen LogP contribution in [0.3, 0.4) is 0 Å². The van der Waals surface area contributed by atoms with Gasteiger partial charge in [-0.05, 0) is 20.8 Å². The first kappa shape index (κ1) is 10.0. The quantitative estimate of drug-likeness (QED) is 0.397. The largest absolute Gasteiger partial charge is 0.411 e. The van der Waals surface area contributed by atoms with Gasteiger partial charge in [-0.2, -0.15) is 0 Å². The molecule has 1 saturated heterocycles. The van der Waals surface area contributed by atoms with Gasteiger partial charge in [0.15, 0.2) is 0 Å². The molecule has 0 saturated carbocycles. The molecule has 0 spiro atoms. The van der Waals surface area contributed by atoms with Gasteiger partial charge in [0.05, 0.1) is 5.71 Å². The third-order valence-electron chi connectivity index (χ3n) is 2.53. The number of amides is 1. The Bertz CT molecular complexity index is 236. The smallest absolute Gasteiger partial charge is 0.223 e. The number of carbonyl (C=O) groups excluding carboxylic acids is 1. The van der Waals surface area contributed by atoms with Crippen LogP contribution >= 0.6 is 0 Å². The molecular weight excluding hydrogens is 168 g/mol. The van der Waals surface area contributed by atoms with Gasteiger partial charge in [-0.15, -0.1) is 0 Å². The van der Waals surface area contributed by atoms with E-state index in [0.29, 0.717) is 18.7 Å². The Balaban J connectivity index is 2.65. The lowest BCUT2D eigenvalue weighted by Crippen LogP contribution is -2.32. The predicted octanol–water partition coefficient (Wildman–Crippen LogP) is 1.09. The van der Waals surface area contributed by atoms with Crippen molar-refractivity contribution in [2.45, 2.75) is 33.2 Å². The van der Waals surface area contributed by atoms with E-state index < -0.39 is 0 Å². The average molecular weight is 184 g/mol. The van der Waals surface area contributed by atoms with Crippen molar-refractivity contribution in [2.24, 2.45) is 11.1 Å². The van der Waals surface area contributed by atoms with Crippen LogP contribution in [0.2, 0.25) is 0 Å². The Hall–Kier alpha value is -1.06. The van der Waals surface area contributed by atoms with Gasteiger partial charge in [-0.1, -0.05) is 5.16 Å². The molecule has 0 aromatic heterocycles. The molecule has 1 atom stereocenters. The fourth-order valence-corrected chi connectivity index (χ4v) is 1.59. The summed E-state index contributed by atoms with van der Waals surface area (Å²) in [5.74, 6) is 0.253. The third-order valence-corrected chi connectivity index (χ3v) is 2.53. The molecule has 0 aromatic carbocycles. The molecule has 1 rings (SSSR count). The van der Waals surface area contributed by atoms with E-state index >= 15 is 0 Å². The second kappa shape index (κ2) is 3.77. The maximum absolute atomic E-state index is 11.4. The summed E-state index contributed by atoms with van der Waals surface area (Å²) in [6.45, 7) is 6.42. The van der Waals surface area contributed by atoms with Gasteiger partial charge in [0.2, 0.25) is 5.91 Å². The molecule has 4 heteroatoms. The molecule has 0 aliphatic carbocycles. The Morgan fingerprint density at radius 1 is 1.69 bits per heavy atom. The number of rotatable bonds is 2. The highest BCUT2D eigenvalue weighted by Gasteiger charge is 2.32. The zero-order valence-corrected chi connectivity index (χ0v) is 8.32. The van der Waals surface area contributed by atoms with E-state index in [2.05, 4.69) is 5.16 Å². The Morgan fingerprint density at radius 2 is 2.31 bits per heavy atom. The Labute approximate surface area is 78.2 Å². The summed E-state index contributed by atoms with van der Waals surface area (Å²) in [5.41, 5.74) is 0.650. The standard InChI is InChI=1S/C9H16N2O2/c1-6(2)11-5-8(4-9(11)12)7(3)10-13/h6,8,13H,4-5H2,1-3H3/b10-7-. The summed E-state index contributed by atoms with van der Waals surface area (Å²) in [6.07, 6.45) is 0.480. The van der Waals surface area contributed by atoms with Crippen LogP contribution in [0.1, 0.15) is 27.2 Å². The van der Waals surface area contributed by atoms with Crippen molar-refractivity contribution in [3.05, 3.63) is 0 Å². The van der Waals surface area contributed by atoms with Gasteiger partial charge in [0.1, 0.15) is 0 Å². The van der Waals surface area contributed by atoms with Crippen molar-refractivity contribution >= 4 is 11.6 Å². The van der Waals surface area contributed by atoms with E-state index in [-0.39, 0.29) is 17.9 Å². The van der Waals surface area contributed by atoms with Gasteiger partial charge in [0, 0.05) is 24.9 Å². The summed E-state index contributed by atoms with van der Waals surface area (Å²) in [5, 5.41) is 11.7. The van der Waals surface area contributed by atoms with E-state index in [0.717, 1.165) is 0 Å². The predicted molar refractivity (Wildman–Crippen MR) is 49.9 cm³/mol. The van der Waals surface area contributed by atoms with E-state index in [1.165, 1.54) is 0 Å². The number of oxime groups is 1. The van der Waals surface area contributed by atoms with Crippen LogP contribution in [0.25, 0.3) is 0 Å². The molecule has 1 aliphatic rings.